The third-order valence-electron chi connectivity index (χ3n) is 4.69. The highest BCUT2D eigenvalue weighted by atomic mass is 16.4. The van der Waals surface area contributed by atoms with Crippen LogP contribution in [0.15, 0.2) is 0 Å². The number of carboxylic acids is 1. The molecule has 0 aromatic carbocycles. The summed E-state index contributed by atoms with van der Waals surface area (Å²) in [4.78, 5) is 25.1. The molecule has 1 amide bonds. The Morgan fingerprint density at radius 2 is 1.58 bits per heavy atom. The van der Waals surface area contributed by atoms with Crippen LogP contribution in [-0.4, -0.2) is 41.5 Å². The van der Waals surface area contributed by atoms with Crippen LogP contribution in [0.4, 0.5) is 0 Å². The van der Waals surface area contributed by atoms with Crippen LogP contribution < -0.4 is 5.73 Å². The van der Waals surface area contributed by atoms with Crippen molar-refractivity contribution in [3.8, 4) is 0 Å². The lowest BCUT2D eigenvalue weighted by Crippen LogP contribution is -2.44. The Morgan fingerprint density at radius 3 is 2.05 bits per heavy atom. The predicted octanol–water partition coefficient (Wildman–Crippen LogP) is 1.07. The lowest BCUT2D eigenvalue weighted by atomic mass is 9.81. The minimum atomic E-state index is -0.726. The molecule has 0 atom stereocenters. The van der Waals surface area contributed by atoms with Crippen molar-refractivity contribution >= 4 is 11.9 Å². The molecule has 2 aliphatic rings. The van der Waals surface area contributed by atoms with E-state index in [9.17, 15) is 9.59 Å². The first-order chi connectivity index (χ1) is 9.11. The molecule has 108 valence electrons. The maximum absolute atomic E-state index is 12.4. The van der Waals surface area contributed by atoms with Crippen LogP contribution in [0.25, 0.3) is 0 Å². The predicted molar refractivity (Wildman–Crippen MR) is 71.4 cm³/mol. The highest BCUT2D eigenvalue weighted by Crippen LogP contribution is 2.30. The van der Waals surface area contributed by atoms with Gasteiger partial charge in [-0.2, -0.15) is 0 Å². The number of amides is 1. The number of carbonyl (C=O) groups is 2. The first kappa shape index (κ1) is 14.3. The Bertz CT molecular complexity index is 330. The van der Waals surface area contributed by atoms with E-state index in [2.05, 4.69) is 0 Å². The smallest absolute Gasteiger partial charge is 0.306 e. The highest BCUT2D eigenvalue weighted by molar-refractivity contribution is 5.79. The van der Waals surface area contributed by atoms with Crippen LogP contribution in [0.3, 0.4) is 0 Å². The number of hydrogen-bond donors (Lipinski definition) is 2. The van der Waals surface area contributed by atoms with Gasteiger partial charge in [0.2, 0.25) is 5.91 Å². The number of likely N-dealkylation sites (tertiary alicyclic amines) is 1. The number of piperidine rings is 1. The molecule has 5 heteroatoms. The van der Waals surface area contributed by atoms with Gasteiger partial charge in [-0.15, -0.1) is 0 Å². The van der Waals surface area contributed by atoms with Crippen molar-refractivity contribution in [1.29, 1.82) is 0 Å². The summed E-state index contributed by atoms with van der Waals surface area (Å²) in [5, 5.41) is 8.95. The third kappa shape index (κ3) is 3.47. The lowest BCUT2D eigenvalue weighted by Gasteiger charge is -2.35. The summed E-state index contributed by atoms with van der Waals surface area (Å²) in [6, 6.07) is 0. The van der Waals surface area contributed by atoms with Crippen molar-refractivity contribution in [2.75, 3.05) is 19.6 Å². The fourth-order valence-electron chi connectivity index (χ4n) is 3.25. The van der Waals surface area contributed by atoms with E-state index in [1.807, 2.05) is 4.90 Å². The van der Waals surface area contributed by atoms with Gasteiger partial charge in [-0.25, -0.2) is 0 Å². The Kier molecular flexibility index (Phi) is 4.80. The zero-order valence-corrected chi connectivity index (χ0v) is 11.4. The van der Waals surface area contributed by atoms with Crippen LogP contribution in [0, 0.1) is 17.8 Å². The molecular weight excluding hydrogens is 244 g/mol. The summed E-state index contributed by atoms with van der Waals surface area (Å²) in [5.41, 5.74) is 5.66. The first-order valence-corrected chi connectivity index (χ1v) is 7.33. The Morgan fingerprint density at radius 1 is 1.00 bits per heavy atom. The number of carbonyl (C=O) groups excluding carboxylic acids is 1. The second-order valence-electron chi connectivity index (χ2n) is 5.89. The normalized spacial score (nSPS) is 29.2. The van der Waals surface area contributed by atoms with Crippen molar-refractivity contribution < 1.29 is 14.7 Å². The number of carboxylic acid groups (broad SMARTS) is 1. The first-order valence-electron chi connectivity index (χ1n) is 7.33. The molecule has 0 aromatic rings. The quantitative estimate of drug-likeness (QED) is 0.802. The van der Waals surface area contributed by atoms with Crippen LogP contribution in [-0.2, 0) is 9.59 Å². The van der Waals surface area contributed by atoms with Gasteiger partial charge in [0.05, 0.1) is 5.92 Å². The van der Waals surface area contributed by atoms with Gasteiger partial charge < -0.3 is 15.7 Å². The zero-order chi connectivity index (χ0) is 13.8. The SMILES string of the molecule is NCC1CCC(C(=O)N2CCC(C(=O)O)CC2)CC1. The van der Waals surface area contributed by atoms with Crippen molar-refractivity contribution in [2.24, 2.45) is 23.5 Å². The fourth-order valence-corrected chi connectivity index (χ4v) is 3.25. The number of rotatable bonds is 3. The standard InChI is InChI=1S/C14H24N2O3/c15-9-10-1-3-11(4-2-10)13(17)16-7-5-12(6-8-16)14(18)19/h10-12H,1-9,15H2,(H,18,19). The molecule has 0 spiro atoms. The van der Waals surface area contributed by atoms with E-state index in [-0.39, 0.29) is 17.7 Å². The number of nitrogens with two attached hydrogens (primary N) is 1. The average Bonchev–Trinajstić information content (AvgIpc) is 2.46. The molecule has 1 saturated heterocycles. The number of aliphatic carboxylic acids is 1. The topological polar surface area (TPSA) is 83.6 Å². The van der Waals surface area contributed by atoms with E-state index in [1.54, 1.807) is 0 Å². The molecule has 1 heterocycles. The van der Waals surface area contributed by atoms with Crippen molar-refractivity contribution in [3.05, 3.63) is 0 Å². The fraction of sp³-hybridized carbons (Fsp3) is 0.857. The van der Waals surface area contributed by atoms with E-state index in [0.29, 0.717) is 31.8 Å². The van der Waals surface area contributed by atoms with Crippen LogP contribution in [0.1, 0.15) is 38.5 Å². The van der Waals surface area contributed by atoms with E-state index in [0.717, 1.165) is 32.2 Å². The van der Waals surface area contributed by atoms with E-state index in [4.69, 9.17) is 10.8 Å². The molecule has 2 fully saturated rings. The van der Waals surface area contributed by atoms with Gasteiger partial charge >= 0.3 is 5.97 Å². The second kappa shape index (κ2) is 6.37. The summed E-state index contributed by atoms with van der Waals surface area (Å²) < 4.78 is 0. The molecule has 2 rings (SSSR count). The van der Waals surface area contributed by atoms with Crippen LogP contribution >= 0.6 is 0 Å². The zero-order valence-electron chi connectivity index (χ0n) is 11.4. The number of hydrogen-bond acceptors (Lipinski definition) is 3. The van der Waals surface area contributed by atoms with Gasteiger partial charge in [0.25, 0.3) is 0 Å². The van der Waals surface area contributed by atoms with E-state index < -0.39 is 5.97 Å². The van der Waals surface area contributed by atoms with Gasteiger partial charge in [0.15, 0.2) is 0 Å². The largest absolute Gasteiger partial charge is 0.481 e. The lowest BCUT2D eigenvalue weighted by molar-refractivity contribution is -0.147. The Hall–Kier alpha value is -1.10. The van der Waals surface area contributed by atoms with Crippen molar-refractivity contribution in [2.45, 2.75) is 38.5 Å². The molecule has 0 radical (unpaired) electrons. The second-order valence-corrected chi connectivity index (χ2v) is 5.89. The maximum atomic E-state index is 12.4. The van der Waals surface area contributed by atoms with Crippen molar-refractivity contribution in [1.82, 2.24) is 4.90 Å². The molecule has 1 saturated carbocycles. The molecule has 19 heavy (non-hydrogen) atoms. The summed E-state index contributed by atoms with van der Waals surface area (Å²) >= 11 is 0. The van der Waals surface area contributed by atoms with Gasteiger partial charge in [0, 0.05) is 19.0 Å². The molecule has 0 bridgehead atoms. The average molecular weight is 268 g/mol. The van der Waals surface area contributed by atoms with Crippen LogP contribution in [0.5, 0.6) is 0 Å². The van der Waals surface area contributed by atoms with Crippen LogP contribution in [0.2, 0.25) is 0 Å². The summed E-state index contributed by atoms with van der Waals surface area (Å²) in [6.07, 6.45) is 5.19. The van der Waals surface area contributed by atoms with Crippen molar-refractivity contribution in [3.63, 3.8) is 0 Å². The molecule has 0 aromatic heterocycles. The molecule has 3 N–H and O–H groups in total. The molecular formula is C14H24N2O3. The Balaban J connectivity index is 1.80. The highest BCUT2D eigenvalue weighted by Gasteiger charge is 2.32. The summed E-state index contributed by atoms with van der Waals surface area (Å²) in [7, 11) is 0. The number of nitrogens with zero attached hydrogens (tertiary/aromatic N) is 1. The summed E-state index contributed by atoms with van der Waals surface area (Å²) in [6.45, 7) is 1.93. The third-order valence-corrected chi connectivity index (χ3v) is 4.69. The van der Waals surface area contributed by atoms with Gasteiger partial charge in [0.1, 0.15) is 0 Å². The van der Waals surface area contributed by atoms with E-state index >= 15 is 0 Å². The van der Waals surface area contributed by atoms with Gasteiger partial charge in [-0.3, -0.25) is 9.59 Å². The summed E-state index contributed by atoms with van der Waals surface area (Å²) in [5.74, 6) is -0.0298. The molecule has 1 aliphatic carbocycles. The maximum Gasteiger partial charge on any atom is 0.306 e. The monoisotopic (exact) mass is 268 g/mol. The minimum absolute atomic E-state index is 0.143. The van der Waals surface area contributed by atoms with E-state index in [1.165, 1.54) is 0 Å². The molecule has 0 unspecified atom stereocenters. The minimum Gasteiger partial charge on any atom is -0.481 e. The van der Waals surface area contributed by atoms with Gasteiger partial charge in [-0.05, 0) is 51.0 Å². The molecule has 5 nitrogen and oxygen atoms in total. The molecule has 1 aliphatic heterocycles. The Labute approximate surface area is 114 Å². The van der Waals surface area contributed by atoms with Gasteiger partial charge in [-0.1, -0.05) is 0 Å².